The third kappa shape index (κ3) is 6.83. The molecule has 0 aliphatic heterocycles. The van der Waals surface area contributed by atoms with Crippen molar-refractivity contribution >= 4 is 38.6 Å². The summed E-state index contributed by atoms with van der Waals surface area (Å²) in [4.78, 5) is 25.9. The maximum atomic E-state index is 12.1. The molecule has 0 radical (unpaired) electrons. The van der Waals surface area contributed by atoms with Gasteiger partial charge in [0.1, 0.15) is 6.04 Å². The molecule has 0 fully saturated rings. The monoisotopic (exact) mass is 551 g/mol. The topological polar surface area (TPSA) is 195 Å². The lowest BCUT2D eigenvalue weighted by atomic mass is 10.1. The SMILES string of the molecule is CCOc1nc(NCc2ccc(S(N)(=O)=O)cc2)nc2ccc(-c3ccc(NC(=O)[C@@H](N)[C@H](C)O)cc3)nc12. The van der Waals surface area contributed by atoms with Gasteiger partial charge >= 0.3 is 0 Å². The van der Waals surface area contributed by atoms with E-state index in [-0.39, 0.29) is 4.90 Å². The van der Waals surface area contributed by atoms with Gasteiger partial charge in [0, 0.05) is 17.8 Å². The number of hydrogen-bond donors (Lipinski definition) is 5. The first-order valence-electron chi connectivity index (χ1n) is 12.1. The molecule has 2 aromatic heterocycles. The molecule has 13 heteroatoms. The Labute approximate surface area is 225 Å². The zero-order valence-corrected chi connectivity index (χ0v) is 22.1. The molecule has 2 atom stereocenters. The summed E-state index contributed by atoms with van der Waals surface area (Å²) >= 11 is 0. The summed E-state index contributed by atoms with van der Waals surface area (Å²) in [5.74, 6) is 0.156. The van der Waals surface area contributed by atoms with Crippen molar-refractivity contribution in [2.45, 2.75) is 37.4 Å². The number of hydrogen-bond acceptors (Lipinski definition) is 10. The van der Waals surface area contributed by atoms with E-state index in [1.54, 1.807) is 36.4 Å². The highest BCUT2D eigenvalue weighted by Crippen LogP contribution is 2.27. The summed E-state index contributed by atoms with van der Waals surface area (Å²) in [6.07, 6.45) is -0.965. The third-order valence-corrected chi connectivity index (χ3v) is 6.69. The fourth-order valence-corrected chi connectivity index (χ4v) is 4.13. The first-order chi connectivity index (χ1) is 18.5. The van der Waals surface area contributed by atoms with Crippen LogP contribution in [0, 0.1) is 0 Å². The highest BCUT2D eigenvalue weighted by atomic mass is 32.2. The van der Waals surface area contributed by atoms with Gasteiger partial charge in [0.2, 0.25) is 27.8 Å². The van der Waals surface area contributed by atoms with Crippen molar-refractivity contribution in [3.8, 4) is 17.1 Å². The first-order valence-corrected chi connectivity index (χ1v) is 13.6. The van der Waals surface area contributed by atoms with Gasteiger partial charge in [0.15, 0.2) is 5.52 Å². The van der Waals surface area contributed by atoms with Gasteiger partial charge in [0.25, 0.3) is 0 Å². The quantitative estimate of drug-likeness (QED) is 0.194. The summed E-state index contributed by atoms with van der Waals surface area (Å²) in [5, 5.41) is 20.4. The lowest BCUT2D eigenvalue weighted by Crippen LogP contribution is -2.43. The first kappa shape index (κ1) is 27.9. The predicted molar refractivity (Wildman–Crippen MR) is 147 cm³/mol. The molecule has 2 heterocycles. The molecule has 0 spiro atoms. The van der Waals surface area contributed by atoms with E-state index in [1.807, 2.05) is 19.1 Å². The van der Waals surface area contributed by atoms with Crippen LogP contribution >= 0.6 is 0 Å². The molecule has 7 N–H and O–H groups in total. The number of ether oxygens (including phenoxy) is 1. The van der Waals surface area contributed by atoms with E-state index in [1.165, 1.54) is 19.1 Å². The van der Waals surface area contributed by atoms with Crippen molar-refractivity contribution in [2.24, 2.45) is 10.9 Å². The molecule has 204 valence electrons. The number of anilines is 2. The second kappa shape index (κ2) is 11.7. The summed E-state index contributed by atoms with van der Waals surface area (Å²) in [6.45, 7) is 4.01. The van der Waals surface area contributed by atoms with Gasteiger partial charge < -0.3 is 26.2 Å². The number of nitrogens with one attached hydrogen (secondary N) is 2. The van der Waals surface area contributed by atoms with Crippen LogP contribution in [0.1, 0.15) is 19.4 Å². The normalized spacial score (nSPS) is 13.1. The van der Waals surface area contributed by atoms with Crippen molar-refractivity contribution in [3.63, 3.8) is 0 Å². The van der Waals surface area contributed by atoms with Gasteiger partial charge in [0.05, 0.1) is 28.8 Å². The highest BCUT2D eigenvalue weighted by Gasteiger charge is 2.19. The number of aliphatic hydroxyl groups excluding tert-OH is 1. The van der Waals surface area contributed by atoms with Crippen molar-refractivity contribution in [1.29, 1.82) is 0 Å². The van der Waals surface area contributed by atoms with Crippen molar-refractivity contribution in [3.05, 3.63) is 66.2 Å². The Hall–Kier alpha value is -4.17. The molecule has 0 saturated carbocycles. The summed E-state index contributed by atoms with van der Waals surface area (Å²) in [6, 6.07) is 15.8. The number of fused-ring (bicyclic) bond motifs is 1. The number of rotatable bonds is 10. The summed E-state index contributed by atoms with van der Waals surface area (Å²) < 4.78 is 28.7. The molecule has 12 nitrogen and oxygen atoms in total. The Bertz CT molecular complexity index is 1580. The lowest BCUT2D eigenvalue weighted by Gasteiger charge is -2.14. The minimum absolute atomic E-state index is 0.0358. The minimum Gasteiger partial charge on any atom is -0.476 e. The molecule has 0 aliphatic rings. The molecular formula is C26H29N7O5S. The number of primary sulfonamides is 1. The van der Waals surface area contributed by atoms with Crippen LogP contribution in [0.5, 0.6) is 5.88 Å². The smallest absolute Gasteiger partial charge is 0.245 e. The average molecular weight is 552 g/mol. The van der Waals surface area contributed by atoms with E-state index in [0.717, 1.165) is 11.1 Å². The number of aromatic nitrogens is 3. The summed E-state index contributed by atoms with van der Waals surface area (Å²) in [5.41, 5.74) is 9.52. The van der Waals surface area contributed by atoms with Gasteiger partial charge in [-0.1, -0.05) is 24.3 Å². The van der Waals surface area contributed by atoms with Crippen LogP contribution in [0.4, 0.5) is 11.6 Å². The number of benzene rings is 2. The van der Waals surface area contributed by atoms with Crippen LogP contribution in [0.15, 0.2) is 65.6 Å². The average Bonchev–Trinajstić information content (AvgIpc) is 2.91. The second-order valence-electron chi connectivity index (χ2n) is 8.73. The Kier molecular flexibility index (Phi) is 8.35. The molecule has 1 amide bonds. The standard InChI is InChI=1S/C26H29N7O5S/c1-3-38-25-23-21(32-26(33-25)29-14-16-4-10-19(11-5-16)39(28,36)37)13-12-20(31-23)17-6-8-18(9-7-17)30-24(35)22(27)15(2)34/h4-13,15,22,34H,3,14,27H2,1-2H3,(H,30,35)(H2,28,36,37)(H,29,32,33)/t15-,22-/m0/s1. The van der Waals surface area contributed by atoms with E-state index in [0.29, 0.717) is 47.4 Å². The predicted octanol–water partition coefficient (Wildman–Crippen LogP) is 2.00. The van der Waals surface area contributed by atoms with E-state index >= 15 is 0 Å². The van der Waals surface area contributed by atoms with E-state index in [9.17, 15) is 18.3 Å². The number of carbonyl (C=O) groups is 1. The molecule has 2 aromatic carbocycles. The number of sulfonamides is 1. The van der Waals surface area contributed by atoms with Gasteiger partial charge in [-0.05, 0) is 55.8 Å². The van der Waals surface area contributed by atoms with Crippen molar-refractivity contribution in [1.82, 2.24) is 15.0 Å². The third-order valence-electron chi connectivity index (χ3n) is 5.76. The number of nitrogens with zero attached hydrogens (tertiary/aromatic N) is 3. The molecule has 4 rings (SSSR count). The number of pyridine rings is 1. The van der Waals surface area contributed by atoms with Crippen LogP contribution in [0.3, 0.4) is 0 Å². The van der Waals surface area contributed by atoms with Crippen LogP contribution < -0.4 is 26.2 Å². The zero-order valence-electron chi connectivity index (χ0n) is 21.3. The van der Waals surface area contributed by atoms with Gasteiger partial charge in [-0.15, -0.1) is 0 Å². The Morgan fingerprint density at radius 3 is 2.33 bits per heavy atom. The molecule has 0 bridgehead atoms. The largest absolute Gasteiger partial charge is 0.476 e. The van der Waals surface area contributed by atoms with Gasteiger partial charge in [-0.25, -0.2) is 23.5 Å². The fraction of sp³-hybridized carbons (Fsp3) is 0.231. The summed E-state index contributed by atoms with van der Waals surface area (Å²) in [7, 11) is -3.76. The lowest BCUT2D eigenvalue weighted by molar-refractivity contribution is -0.119. The van der Waals surface area contributed by atoms with Crippen LogP contribution in [0.25, 0.3) is 22.3 Å². The number of carbonyl (C=O) groups excluding carboxylic acids is 1. The van der Waals surface area contributed by atoms with Gasteiger partial charge in [-0.3, -0.25) is 4.79 Å². The van der Waals surface area contributed by atoms with E-state index in [4.69, 9.17) is 20.6 Å². The number of amides is 1. The molecule has 0 unspecified atom stereocenters. The number of aliphatic hydroxyl groups is 1. The number of nitrogens with two attached hydrogens (primary N) is 2. The highest BCUT2D eigenvalue weighted by molar-refractivity contribution is 7.89. The Morgan fingerprint density at radius 2 is 1.72 bits per heavy atom. The Morgan fingerprint density at radius 1 is 1.03 bits per heavy atom. The molecule has 4 aromatic rings. The molecule has 0 aliphatic carbocycles. The maximum absolute atomic E-state index is 12.1. The fourth-order valence-electron chi connectivity index (χ4n) is 3.61. The Balaban J connectivity index is 1.54. The minimum atomic E-state index is -3.76. The van der Waals surface area contributed by atoms with Crippen LogP contribution in [-0.2, 0) is 21.4 Å². The van der Waals surface area contributed by atoms with Crippen LogP contribution in [-0.4, -0.2) is 53.1 Å². The molecule has 0 saturated heterocycles. The maximum Gasteiger partial charge on any atom is 0.245 e. The van der Waals surface area contributed by atoms with Crippen molar-refractivity contribution < 1.29 is 23.1 Å². The van der Waals surface area contributed by atoms with Crippen LogP contribution in [0.2, 0.25) is 0 Å². The zero-order chi connectivity index (χ0) is 28.2. The molecular weight excluding hydrogens is 522 g/mol. The van der Waals surface area contributed by atoms with Gasteiger partial charge in [-0.2, -0.15) is 4.98 Å². The molecule has 39 heavy (non-hydrogen) atoms. The van der Waals surface area contributed by atoms with E-state index < -0.39 is 28.1 Å². The second-order valence-corrected chi connectivity index (χ2v) is 10.3. The van der Waals surface area contributed by atoms with Crippen molar-refractivity contribution in [2.75, 3.05) is 17.2 Å². The van der Waals surface area contributed by atoms with E-state index in [2.05, 4.69) is 20.6 Å².